The van der Waals surface area contributed by atoms with Crippen LogP contribution in [0, 0.1) is 0 Å². The molecule has 0 N–H and O–H groups in total. The molecule has 0 bridgehead atoms. The van der Waals surface area contributed by atoms with Crippen LogP contribution < -0.4 is 5.56 Å². The molecule has 0 aliphatic rings. The molecule has 5 rings (SSSR count). The predicted octanol–water partition coefficient (Wildman–Crippen LogP) is 4.47. The van der Waals surface area contributed by atoms with Crippen molar-refractivity contribution in [3.8, 4) is 0 Å². The number of ether oxygens (including phenoxy) is 2. The van der Waals surface area contributed by atoms with Gasteiger partial charge in [0.1, 0.15) is 22.9 Å². The molecule has 41 heavy (non-hydrogen) atoms. The number of hydrogen-bond acceptors (Lipinski definition) is 9. The summed E-state index contributed by atoms with van der Waals surface area (Å²) in [5, 5.41) is 14.8. The molecule has 0 unspecified atom stereocenters. The molecule has 0 radical (unpaired) electrons. The van der Waals surface area contributed by atoms with Crippen LogP contribution in [0.1, 0.15) is 37.2 Å². The van der Waals surface area contributed by atoms with Crippen molar-refractivity contribution in [2.24, 2.45) is 7.05 Å². The van der Waals surface area contributed by atoms with E-state index < -0.39 is 19.8 Å². The number of nitrogens with zero attached hydrogens (tertiary/aromatic N) is 8. The highest BCUT2D eigenvalue weighted by Gasteiger charge is 2.21. The molecule has 12 nitrogen and oxygen atoms in total. The molecule has 0 saturated heterocycles. The van der Waals surface area contributed by atoms with Gasteiger partial charge in [-0.2, -0.15) is 20.0 Å². The van der Waals surface area contributed by atoms with Gasteiger partial charge >= 0.3 is 6.09 Å². The van der Waals surface area contributed by atoms with Gasteiger partial charge in [0.05, 0.1) is 23.1 Å². The Morgan fingerprint density at radius 2 is 1.90 bits per heavy atom. The fourth-order valence-electron chi connectivity index (χ4n) is 4.34. The first-order chi connectivity index (χ1) is 19.3. The topological polar surface area (TPSA) is 124 Å². The van der Waals surface area contributed by atoms with Gasteiger partial charge in [0.25, 0.3) is 5.56 Å². The summed E-state index contributed by atoms with van der Waals surface area (Å²) in [6.07, 6.45) is 5.03. The Kier molecular flexibility index (Phi) is 7.74. The summed E-state index contributed by atoms with van der Waals surface area (Å²) < 4.78 is 18.3. The van der Waals surface area contributed by atoms with Gasteiger partial charge in [-0.25, -0.2) is 19.1 Å². The van der Waals surface area contributed by atoms with Crippen molar-refractivity contribution >= 4 is 46.8 Å². The molecule has 0 saturated carbocycles. The minimum atomic E-state index is -1.15. The Morgan fingerprint density at radius 1 is 1.12 bits per heavy atom. The molecule has 0 spiro atoms. The summed E-state index contributed by atoms with van der Waals surface area (Å²) in [6.45, 7) is 13.6. The lowest BCUT2D eigenvalue weighted by atomic mass is 10.2. The molecule has 0 aliphatic heterocycles. The number of rotatable bonds is 9. The molecular weight excluding hydrogens is 561 g/mol. The van der Waals surface area contributed by atoms with Gasteiger partial charge < -0.3 is 14.0 Å². The van der Waals surface area contributed by atoms with Gasteiger partial charge in [-0.15, -0.1) is 11.3 Å². The molecule has 218 valence electrons. The van der Waals surface area contributed by atoms with Gasteiger partial charge in [-0.3, -0.25) is 4.79 Å². The van der Waals surface area contributed by atoms with E-state index >= 15 is 0 Å². The number of carbonyl (C=O) groups excluding carboxylic acids is 1. The lowest BCUT2D eigenvalue weighted by Crippen LogP contribution is -2.28. The van der Waals surface area contributed by atoms with E-state index in [4.69, 9.17) is 14.5 Å². The third-order valence-corrected chi connectivity index (χ3v) is 9.24. The van der Waals surface area contributed by atoms with Crippen LogP contribution in [-0.2, 0) is 36.2 Å². The number of fused-ring (bicyclic) bond motifs is 3. The van der Waals surface area contributed by atoms with Gasteiger partial charge in [0, 0.05) is 51.6 Å². The van der Waals surface area contributed by atoms with Crippen LogP contribution in [-0.4, -0.2) is 65.3 Å². The van der Waals surface area contributed by atoms with Gasteiger partial charge in [-0.1, -0.05) is 19.6 Å². The van der Waals surface area contributed by atoms with Gasteiger partial charge in [0.2, 0.25) is 0 Å². The Hall–Kier alpha value is -3.62. The van der Waals surface area contributed by atoms with Crippen LogP contribution in [0.25, 0.3) is 21.3 Å². The van der Waals surface area contributed by atoms with Crippen LogP contribution in [0.2, 0.25) is 25.7 Å². The van der Waals surface area contributed by atoms with Crippen molar-refractivity contribution in [3.05, 3.63) is 57.5 Å². The average molecular weight is 597 g/mol. The number of aryl methyl sites for hydroxylation is 1. The van der Waals surface area contributed by atoms with Crippen molar-refractivity contribution in [1.29, 1.82) is 0 Å². The van der Waals surface area contributed by atoms with E-state index in [1.165, 1.54) is 10.9 Å². The highest BCUT2D eigenvalue weighted by Crippen LogP contribution is 2.31. The van der Waals surface area contributed by atoms with E-state index in [1.807, 2.05) is 22.4 Å². The maximum Gasteiger partial charge on any atom is 0.435 e. The number of carbonyl (C=O) groups is 1. The standard InChI is InChI=1S/C27H36N8O4SSi/c1-27(2,3)39-26(37)33-11-9-18(31-33)16-34-25(36)22-20(15-29-34)23-24(32(22)4)30-21(40-23)14-19-8-10-28-35(19)17-38-12-13-41(5,6)7/h8-11,15H,12-14,16-17H2,1-7H3. The fourth-order valence-corrected chi connectivity index (χ4v) is 6.22. The second kappa shape index (κ2) is 11.0. The Bertz CT molecular complexity index is 1770. The first-order valence-electron chi connectivity index (χ1n) is 13.5. The molecule has 0 amide bonds. The summed E-state index contributed by atoms with van der Waals surface area (Å²) in [5.74, 6) is 0. The second-order valence-electron chi connectivity index (χ2n) is 12.3. The zero-order valence-corrected chi connectivity index (χ0v) is 26.4. The Morgan fingerprint density at radius 3 is 2.63 bits per heavy atom. The highest BCUT2D eigenvalue weighted by molar-refractivity contribution is 7.19. The van der Waals surface area contributed by atoms with E-state index in [1.54, 1.807) is 50.6 Å². The quantitative estimate of drug-likeness (QED) is 0.180. The van der Waals surface area contributed by atoms with Crippen molar-refractivity contribution in [2.75, 3.05) is 6.61 Å². The normalized spacial score (nSPS) is 12.6. The monoisotopic (exact) mass is 596 g/mol. The molecule has 0 aromatic carbocycles. The SMILES string of the molecule is Cn1c2nc(Cc3ccnn3COCC[Si](C)(C)C)sc2c2cnn(Cc3ccn(C(=O)OC(C)(C)C)n3)c(=O)c21. The predicted molar refractivity (Wildman–Crippen MR) is 160 cm³/mol. The highest BCUT2D eigenvalue weighted by atomic mass is 32.1. The van der Waals surface area contributed by atoms with Crippen molar-refractivity contribution < 1.29 is 14.3 Å². The number of aromatic nitrogens is 8. The first-order valence-corrected chi connectivity index (χ1v) is 18.0. The summed E-state index contributed by atoms with van der Waals surface area (Å²) in [7, 11) is 0.695. The minimum Gasteiger partial charge on any atom is -0.442 e. The number of hydrogen-bond donors (Lipinski definition) is 0. The lowest BCUT2D eigenvalue weighted by Gasteiger charge is -2.18. The smallest absolute Gasteiger partial charge is 0.435 e. The van der Waals surface area contributed by atoms with E-state index in [2.05, 4.69) is 34.9 Å². The van der Waals surface area contributed by atoms with E-state index in [0.717, 1.165) is 43.8 Å². The maximum absolute atomic E-state index is 13.4. The molecule has 0 fully saturated rings. The average Bonchev–Trinajstić information content (AvgIpc) is 3.64. The lowest BCUT2D eigenvalue weighted by molar-refractivity contribution is 0.0513. The largest absolute Gasteiger partial charge is 0.442 e. The van der Waals surface area contributed by atoms with Crippen molar-refractivity contribution in [1.82, 2.24) is 38.9 Å². The summed E-state index contributed by atoms with van der Waals surface area (Å²) in [4.78, 5) is 30.6. The third kappa shape index (κ3) is 6.49. The Balaban J connectivity index is 1.33. The van der Waals surface area contributed by atoms with Crippen molar-refractivity contribution in [2.45, 2.75) is 71.8 Å². The number of thiazole rings is 1. The maximum atomic E-state index is 13.4. The van der Waals surface area contributed by atoms with Crippen LogP contribution >= 0.6 is 11.3 Å². The minimum absolute atomic E-state index is 0.117. The molecule has 0 atom stereocenters. The van der Waals surface area contributed by atoms with Crippen LogP contribution in [0.15, 0.2) is 35.5 Å². The first kappa shape index (κ1) is 28.9. The molecule has 5 aromatic heterocycles. The molecular formula is C27H36N8O4SSi. The zero-order valence-electron chi connectivity index (χ0n) is 24.5. The van der Waals surface area contributed by atoms with Crippen LogP contribution in [0.5, 0.6) is 0 Å². The summed E-state index contributed by atoms with van der Waals surface area (Å²) in [6, 6.07) is 4.76. The van der Waals surface area contributed by atoms with Crippen molar-refractivity contribution in [3.63, 3.8) is 0 Å². The third-order valence-electron chi connectivity index (χ3n) is 6.45. The van der Waals surface area contributed by atoms with Crippen LogP contribution in [0.4, 0.5) is 4.79 Å². The van der Waals surface area contributed by atoms with Gasteiger partial charge in [-0.05, 0) is 38.9 Å². The fraction of sp³-hybridized carbons (Fsp3) is 0.481. The molecule has 0 aliphatic carbocycles. The zero-order chi connectivity index (χ0) is 29.5. The summed E-state index contributed by atoms with van der Waals surface area (Å²) in [5.41, 5.74) is 1.91. The second-order valence-corrected chi connectivity index (χ2v) is 19.0. The van der Waals surface area contributed by atoms with Crippen LogP contribution in [0.3, 0.4) is 0 Å². The molecule has 5 heterocycles. The van der Waals surface area contributed by atoms with E-state index in [0.29, 0.717) is 24.4 Å². The Labute approximate surface area is 242 Å². The van der Waals surface area contributed by atoms with E-state index in [9.17, 15) is 9.59 Å². The van der Waals surface area contributed by atoms with E-state index in [-0.39, 0.29) is 12.1 Å². The summed E-state index contributed by atoms with van der Waals surface area (Å²) >= 11 is 1.55. The molecule has 14 heteroatoms. The van der Waals surface area contributed by atoms with Gasteiger partial charge in [0.15, 0.2) is 5.65 Å². The molecule has 5 aromatic rings.